The predicted molar refractivity (Wildman–Crippen MR) is 89.5 cm³/mol. The van der Waals surface area contributed by atoms with Crippen molar-refractivity contribution in [3.63, 3.8) is 0 Å². The standard InChI is InChI=1S/C14H11ClN4O3S/c15-8-6-9-10(17-18-14(20)12-2-1-5-23-12)3-4-16-13(9)11(7-8)19(21)22/h1-2,5-7,16H,3-4H2,(H,18,20)/b17-10+. The van der Waals surface area contributed by atoms with Crippen LogP contribution in [0.5, 0.6) is 0 Å². The van der Waals surface area contributed by atoms with Gasteiger partial charge >= 0.3 is 0 Å². The van der Waals surface area contributed by atoms with Crippen LogP contribution in [0.15, 0.2) is 34.7 Å². The maximum Gasteiger partial charge on any atom is 0.294 e. The van der Waals surface area contributed by atoms with Crippen LogP contribution in [0.4, 0.5) is 11.4 Å². The summed E-state index contributed by atoms with van der Waals surface area (Å²) in [6.45, 7) is 0.489. The van der Waals surface area contributed by atoms with Crippen molar-refractivity contribution in [1.29, 1.82) is 0 Å². The zero-order chi connectivity index (χ0) is 16.4. The second-order valence-corrected chi connectivity index (χ2v) is 6.14. The smallest absolute Gasteiger partial charge is 0.294 e. The van der Waals surface area contributed by atoms with Crippen molar-refractivity contribution in [2.24, 2.45) is 5.10 Å². The fourth-order valence-electron chi connectivity index (χ4n) is 2.29. The highest BCUT2D eigenvalue weighted by molar-refractivity contribution is 7.12. The van der Waals surface area contributed by atoms with E-state index >= 15 is 0 Å². The topological polar surface area (TPSA) is 96.6 Å². The molecule has 0 unspecified atom stereocenters. The van der Waals surface area contributed by atoms with Crippen molar-refractivity contribution in [1.82, 2.24) is 5.43 Å². The third-order valence-corrected chi connectivity index (χ3v) is 4.38. The number of nitro benzene ring substituents is 1. The van der Waals surface area contributed by atoms with Crippen molar-refractivity contribution in [2.75, 3.05) is 11.9 Å². The van der Waals surface area contributed by atoms with Gasteiger partial charge in [-0.1, -0.05) is 17.7 Å². The summed E-state index contributed by atoms with van der Waals surface area (Å²) in [6, 6.07) is 6.36. The maximum absolute atomic E-state index is 11.9. The van der Waals surface area contributed by atoms with Gasteiger partial charge in [-0.2, -0.15) is 5.10 Å². The summed E-state index contributed by atoms with van der Waals surface area (Å²) in [6.07, 6.45) is 0.523. The number of fused-ring (bicyclic) bond motifs is 1. The van der Waals surface area contributed by atoms with Gasteiger partial charge in [-0.15, -0.1) is 11.3 Å². The fourth-order valence-corrected chi connectivity index (χ4v) is 3.11. The van der Waals surface area contributed by atoms with Crippen molar-refractivity contribution >= 4 is 45.9 Å². The molecule has 1 amide bonds. The van der Waals surface area contributed by atoms with E-state index in [0.717, 1.165) is 0 Å². The summed E-state index contributed by atoms with van der Waals surface area (Å²) in [7, 11) is 0. The van der Waals surface area contributed by atoms with Gasteiger partial charge in [0.15, 0.2) is 0 Å². The Morgan fingerprint density at radius 2 is 2.30 bits per heavy atom. The minimum absolute atomic E-state index is 0.107. The van der Waals surface area contributed by atoms with Gasteiger partial charge in [0.1, 0.15) is 5.69 Å². The molecular weight excluding hydrogens is 340 g/mol. The minimum atomic E-state index is -0.495. The van der Waals surface area contributed by atoms with E-state index in [9.17, 15) is 14.9 Å². The van der Waals surface area contributed by atoms with Gasteiger partial charge in [0.05, 0.1) is 15.5 Å². The lowest BCUT2D eigenvalue weighted by Gasteiger charge is -2.19. The van der Waals surface area contributed by atoms with Crippen LogP contribution >= 0.6 is 22.9 Å². The average Bonchev–Trinajstić information content (AvgIpc) is 3.06. The zero-order valence-corrected chi connectivity index (χ0v) is 13.3. The lowest BCUT2D eigenvalue weighted by atomic mass is 10.00. The summed E-state index contributed by atoms with van der Waals surface area (Å²) in [5.74, 6) is -0.316. The highest BCUT2D eigenvalue weighted by atomic mass is 35.5. The Bertz CT molecular complexity index is 805. The Morgan fingerprint density at radius 1 is 1.48 bits per heavy atom. The molecule has 0 spiro atoms. The number of nitro groups is 1. The molecule has 0 saturated carbocycles. The average molecular weight is 351 g/mol. The number of nitrogens with zero attached hydrogens (tertiary/aromatic N) is 2. The highest BCUT2D eigenvalue weighted by Crippen LogP contribution is 2.35. The van der Waals surface area contributed by atoms with E-state index in [1.807, 2.05) is 0 Å². The van der Waals surface area contributed by atoms with Crippen molar-refractivity contribution in [2.45, 2.75) is 6.42 Å². The SMILES string of the molecule is O=C(N/N=C1\CCNc2c1cc(Cl)cc2[N+](=O)[O-])c1cccs1. The number of hydrogen-bond acceptors (Lipinski definition) is 6. The molecule has 1 aliphatic rings. The molecule has 1 aliphatic heterocycles. The summed E-state index contributed by atoms with van der Waals surface area (Å²) in [4.78, 5) is 23.1. The Hall–Kier alpha value is -2.45. The van der Waals surface area contributed by atoms with Crippen LogP contribution in [-0.2, 0) is 0 Å². The van der Waals surface area contributed by atoms with Crippen LogP contribution in [-0.4, -0.2) is 23.1 Å². The zero-order valence-electron chi connectivity index (χ0n) is 11.7. The first-order valence-electron chi connectivity index (χ1n) is 6.69. The molecule has 2 N–H and O–H groups in total. The van der Waals surface area contributed by atoms with Crippen LogP contribution in [0.1, 0.15) is 21.7 Å². The summed E-state index contributed by atoms with van der Waals surface area (Å²) < 4.78 is 0. The number of nitrogens with one attached hydrogen (secondary N) is 2. The largest absolute Gasteiger partial charge is 0.379 e. The molecular formula is C14H11ClN4O3S. The van der Waals surface area contributed by atoms with Crippen LogP contribution in [0.2, 0.25) is 5.02 Å². The molecule has 2 aromatic rings. The predicted octanol–water partition coefficient (Wildman–Crippen LogP) is 3.26. The summed E-state index contributed by atoms with van der Waals surface area (Å²) in [5.41, 5.74) is 3.83. The van der Waals surface area contributed by atoms with E-state index < -0.39 is 4.92 Å². The molecule has 9 heteroatoms. The summed E-state index contributed by atoms with van der Waals surface area (Å²) in [5, 5.41) is 20.3. The number of hydrazone groups is 1. The quantitative estimate of drug-likeness (QED) is 0.655. The van der Waals surface area contributed by atoms with E-state index in [4.69, 9.17) is 11.6 Å². The number of anilines is 1. The number of halogens is 1. The normalized spacial score (nSPS) is 14.9. The highest BCUT2D eigenvalue weighted by Gasteiger charge is 2.25. The summed E-state index contributed by atoms with van der Waals surface area (Å²) >= 11 is 7.27. The van der Waals surface area contributed by atoms with Gasteiger partial charge in [-0.3, -0.25) is 14.9 Å². The molecule has 0 atom stereocenters. The van der Waals surface area contributed by atoms with Gasteiger partial charge in [-0.05, 0) is 17.5 Å². The Balaban J connectivity index is 1.93. The van der Waals surface area contributed by atoms with Crippen LogP contribution in [0.3, 0.4) is 0 Å². The Labute approximate surface area is 140 Å². The second kappa shape index (κ2) is 6.35. The van der Waals surface area contributed by atoms with Gasteiger partial charge in [0, 0.05) is 29.6 Å². The molecule has 23 heavy (non-hydrogen) atoms. The van der Waals surface area contributed by atoms with Crippen LogP contribution < -0.4 is 10.7 Å². The lowest BCUT2D eigenvalue weighted by Crippen LogP contribution is -2.24. The first kappa shape index (κ1) is 15.4. The van der Waals surface area contributed by atoms with E-state index in [0.29, 0.717) is 34.8 Å². The van der Waals surface area contributed by atoms with E-state index in [-0.39, 0.29) is 16.6 Å². The lowest BCUT2D eigenvalue weighted by molar-refractivity contribution is -0.384. The molecule has 1 aromatic carbocycles. The van der Waals surface area contributed by atoms with Gasteiger partial charge in [-0.25, -0.2) is 5.43 Å². The molecule has 0 aliphatic carbocycles. The first-order valence-corrected chi connectivity index (χ1v) is 7.94. The van der Waals surface area contributed by atoms with Crippen molar-refractivity contribution in [3.8, 4) is 0 Å². The molecule has 1 aromatic heterocycles. The monoisotopic (exact) mass is 350 g/mol. The first-order chi connectivity index (χ1) is 11.1. The molecule has 118 valence electrons. The third kappa shape index (κ3) is 3.17. The number of hydrogen-bond donors (Lipinski definition) is 2. The number of carbonyl (C=O) groups excluding carboxylic acids is 1. The van der Waals surface area contributed by atoms with Gasteiger partial charge in [0.2, 0.25) is 0 Å². The van der Waals surface area contributed by atoms with E-state index in [2.05, 4.69) is 15.8 Å². The van der Waals surface area contributed by atoms with Gasteiger partial charge < -0.3 is 5.32 Å². The Kier molecular flexibility index (Phi) is 4.26. The number of thiophene rings is 1. The molecule has 0 radical (unpaired) electrons. The molecule has 7 nitrogen and oxygen atoms in total. The number of rotatable bonds is 3. The van der Waals surface area contributed by atoms with E-state index in [1.54, 1.807) is 23.6 Å². The van der Waals surface area contributed by atoms with Crippen molar-refractivity contribution in [3.05, 3.63) is 55.2 Å². The number of amides is 1. The number of carbonyl (C=O) groups is 1. The third-order valence-electron chi connectivity index (χ3n) is 3.29. The minimum Gasteiger partial charge on any atom is -0.379 e. The fraction of sp³-hybridized carbons (Fsp3) is 0.143. The second-order valence-electron chi connectivity index (χ2n) is 4.76. The van der Waals surface area contributed by atoms with Crippen molar-refractivity contribution < 1.29 is 9.72 Å². The molecule has 2 heterocycles. The molecule has 0 saturated heterocycles. The molecule has 0 bridgehead atoms. The maximum atomic E-state index is 11.9. The van der Waals surface area contributed by atoms with Crippen LogP contribution in [0.25, 0.3) is 0 Å². The molecule has 3 rings (SSSR count). The number of benzene rings is 1. The Morgan fingerprint density at radius 3 is 3.00 bits per heavy atom. The van der Waals surface area contributed by atoms with Gasteiger partial charge in [0.25, 0.3) is 11.6 Å². The van der Waals surface area contributed by atoms with Crippen LogP contribution in [0, 0.1) is 10.1 Å². The molecule has 0 fully saturated rings. The van der Waals surface area contributed by atoms with E-state index in [1.165, 1.54) is 17.4 Å².